The summed E-state index contributed by atoms with van der Waals surface area (Å²) >= 11 is 0. The first kappa shape index (κ1) is 16.6. The predicted octanol–water partition coefficient (Wildman–Crippen LogP) is 5.21. The molecule has 2 aliphatic rings. The quantitative estimate of drug-likeness (QED) is 0.707. The Labute approximate surface area is 155 Å². The van der Waals surface area contributed by atoms with Gasteiger partial charge in [0.15, 0.2) is 0 Å². The number of nitriles is 2. The Morgan fingerprint density at radius 2 is 1.46 bits per heavy atom. The number of nitrogens with zero attached hydrogens (tertiary/aromatic N) is 2. The van der Waals surface area contributed by atoms with Crippen molar-refractivity contribution in [3.05, 3.63) is 94.8 Å². The molecule has 4 rings (SSSR count). The molecule has 2 aliphatic carbocycles. The zero-order valence-electron chi connectivity index (χ0n) is 15.0. The summed E-state index contributed by atoms with van der Waals surface area (Å²) in [4.78, 5) is 0. The minimum absolute atomic E-state index is 0.123. The van der Waals surface area contributed by atoms with Crippen molar-refractivity contribution >= 4 is 0 Å². The van der Waals surface area contributed by atoms with Crippen LogP contribution in [0.4, 0.5) is 0 Å². The molecule has 0 amide bonds. The molecule has 1 saturated carbocycles. The van der Waals surface area contributed by atoms with Crippen molar-refractivity contribution in [3.8, 4) is 12.1 Å². The maximum absolute atomic E-state index is 9.30. The van der Waals surface area contributed by atoms with Crippen molar-refractivity contribution in [1.82, 2.24) is 0 Å². The third-order valence-electron chi connectivity index (χ3n) is 5.82. The van der Waals surface area contributed by atoms with Crippen molar-refractivity contribution in [3.63, 3.8) is 0 Å². The van der Waals surface area contributed by atoms with Crippen LogP contribution in [0.5, 0.6) is 0 Å². The minimum atomic E-state index is -0.123. The highest BCUT2D eigenvalue weighted by Crippen LogP contribution is 2.64. The monoisotopic (exact) mass is 336 g/mol. The molecular formula is C24H20N2. The molecule has 126 valence electrons. The molecule has 2 aromatic carbocycles. The van der Waals surface area contributed by atoms with Crippen molar-refractivity contribution < 1.29 is 0 Å². The lowest BCUT2D eigenvalue weighted by Gasteiger charge is -2.35. The van der Waals surface area contributed by atoms with Crippen molar-refractivity contribution in [2.75, 3.05) is 0 Å². The molecule has 2 heteroatoms. The number of benzene rings is 2. The molecule has 0 N–H and O–H groups in total. The van der Waals surface area contributed by atoms with Crippen molar-refractivity contribution in [2.45, 2.75) is 20.3 Å². The SMILES string of the molecule is CC1(C)[C](c2cccc(C#N)c2)C2C=CCC2[C]1c1cccc(C#N)c1. The Kier molecular flexibility index (Phi) is 3.93. The van der Waals surface area contributed by atoms with Gasteiger partial charge in [0.1, 0.15) is 0 Å². The van der Waals surface area contributed by atoms with Crippen LogP contribution in [-0.4, -0.2) is 0 Å². The molecule has 2 aromatic rings. The first-order chi connectivity index (χ1) is 12.6. The second-order valence-corrected chi connectivity index (χ2v) is 7.63. The summed E-state index contributed by atoms with van der Waals surface area (Å²) in [6.07, 6.45) is 5.62. The summed E-state index contributed by atoms with van der Waals surface area (Å²) in [5.74, 6) is 3.58. The van der Waals surface area contributed by atoms with Crippen LogP contribution >= 0.6 is 0 Å². The summed E-state index contributed by atoms with van der Waals surface area (Å²) in [5.41, 5.74) is 3.60. The predicted molar refractivity (Wildman–Crippen MR) is 102 cm³/mol. The Bertz CT molecular complexity index is 955. The second-order valence-electron chi connectivity index (χ2n) is 7.63. The van der Waals surface area contributed by atoms with E-state index in [1.165, 1.54) is 17.4 Å². The molecule has 2 unspecified atom stereocenters. The molecule has 0 spiro atoms. The van der Waals surface area contributed by atoms with E-state index in [9.17, 15) is 10.5 Å². The van der Waals surface area contributed by atoms with E-state index < -0.39 is 0 Å². The van der Waals surface area contributed by atoms with Gasteiger partial charge in [-0.1, -0.05) is 50.3 Å². The normalized spacial score (nSPS) is 24.2. The summed E-state index contributed by atoms with van der Waals surface area (Å²) in [6.45, 7) is 4.56. The van der Waals surface area contributed by atoms with Crippen LogP contribution in [0.2, 0.25) is 0 Å². The molecule has 2 nitrogen and oxygen atoms in total. The number of hydrogen-bond acceptors (Lipinski definition) is 2. The fourth-order valence-corrected chi connectivity index (χ4v) is 4.91. The zero-order valence-corrected chi connectivity index (χ0v) is 15.0. The lowest BCUT2D eigenvalue weighted by molar-refractivity contribution is 0.451. The Hall–Kier alpha value is -2.84. The van der Waals surface area contributed by atoms with E-state index in [1.807, 2.05) is 36.4 Å². The van der Waals surface area contributed by atoms with Crippen LogP contribution < -0.4 is 0 Å². The molecule has 0 heterocycles. The fourth-order valence-electron chi connectivity index (χ4n) is 4.91. The van der Waals surface area contributed by atoms with Gasteiger partial charge < -0.3 is 0 Å². The third kappa shape index (κ3) is 2.46. The van der Waals surface area contributed by atoms with Gasteiger partial charge >= 0.3 is 0 Å². The minimum Gasteiger partial charge on any atom is -0.192 e. The highest BCUT2D eigenvalue weighted by Gasteiger charge is 2.56. The van der Waals surface area contributed by atoms with E-state index in [0.717, 1.165) is 12.0 Å². The Morgan fingerprint density at radius 3 is 2.04 bits per heavy atom. The maximum Gasteiger partial charge on any atom is 0.0991 e. The van der Waals surface area contributed by atoms with Crippen molar-refractivity contribution in [2.24, 2.45) is 17.3 Å². The van der Waals surface area contributed by atoms with E-state index >= 15 is 0 Å². The molecule has 26 heavy (non-hydrogen) atoms. The smallest absolute Gasteiger partial charge is 0.0991 e. The van der Waals surface area contributed by atoms with Gasteiger partial charge in [0.05, 0.1) is 23.3 Å². The van der Waals surface area contributed by atoms with Gasteiger partial charge in [0.25, 0.3) is 0 Å². The molecule has 2 radical (unpaired) electrons. The summed E-state index contributed by atoms with van der Waals surface area (Å²) in [6, 6.07) is 20.5. The molecule has 0 aromatic heterocycles. The summed E-state index contributed by atoms with van der Waals surface area (Å²) in [5, 5.41) is 18.6. The summed E-state index contributed by atoms with van der Waals surface area (Å²) in [7, 11) is 0. The topological polar surface area (TPSA) is 47.6 Å². The van der Waals surface area contributed by atoms with Gasteiger partial charge in [-0.3, -0.25) is 0 Å². The van der Waals surface area contributed by atoms with Crippen LogP contribution in [0.25, 0.3) is 0 Å². The number of fused-ring (bicyclic) bond motifs is 1. The number of hydrogen-bond donors (Lipinski definition) is 0. The second kappa shape index (κ2) is 6.15. The first-order valence-corrected chi connectivity index (χ1v) is 8.98. The molecule has 0 bridgehead atoms. The third-order valence-corrected chi connectivity index (χ3v) is 5.82. The van der Waals surface area contributed by atoms with E-state index in [1.54, 1.807) is 0 Å². The van der Waals surface area contributed by atoms with Crippen LogP contribution in [-0.2, 0) is 0 Å². The van der Waals surface area contributed by atoms with Gasteiger partial charge in [-0.2, -0.15) is 10.5 Å². The number of rotatable bonds is 2. The lowest BCUT2D eigenvalue weighted by atomic mass is 9.68. The van der Waals surface area contributed by atoms with Crippen LogP contribution in [0.15, 0.2) is 60.7 Å². The molecule has 1 fully saturated rings. The molecule has 0 aliphatic heterocycles. The van der Waals surface area contributed by atoms with Gasteiger partial charge in [-0.15, -0.1) is 0 Å². The van der Waals surface area contributed by atoms with E-state index in [2.05, 4.69) is 50.3 Å². The van der Waals surface area contributed by atoms with Gasteiger partial charge in [-0.25, -0.2) is 0 Å². The highest BCUT2D eigenvalue weighted by atomic mass is 14.6. The van der Waals surface area contributed by atoms with Crippen LogP contribution in [0, 0.1) is 51.7 Å². The summed E-state index contributed by atoms with van der Waals surface area (Å²) < 4.78 is 0. The Balaban J connectivity index is 1.83. The zero-order chi connectivity index (χ0) is 18.3. The molecule has 2 atom stereocenters. The van der Waals surface area contributed by atoms with Crippen LogP contribution in [0.3, 0.4) is 0 Å². The number of allylic oxidation sites excluding steroid dienone is 2. The lowest BCUT2D eigenvalue weighted by Crippen LogP contribution is -2.26. The first-order valence-electron chi connectivity index (χ1n) is 8.98. The standard InChI is InChI=1S/C24H20N2/c1-24(2)22(18-8-3-6-16(12-18)14-25)20-10-5-11-21(20)23(24)19-9-4-7-17(13-19)15-26/h3-10,12-13,20-21H,11H2,1-2H3. The largest absolute Gasteiger partial charge is 0.192 e. The van der Waals surface area contributed by atoms with Crippen molar-refractivity contribution in [1.29, 1.82) is 10.5 Å². The Morgan fingerprint density at radius 1 is 0.885 bits per heavy atom. The van der Waals surface area contributed by atoms with Gasteiger partial charge in [0, 0.05) is 11.8 Å². The van der Waals surface area contributed by atoms with Gasteiger partial charge in [-0.05, 0) is 59.1 Å². The molecule has 0 saturated heterocycles. The van der Waals surface area contributed by atoms with E-state index in [-0.39, 0.29) is 5.41 Å². The fraction of sp³-hybridized carbons (Fsp3) is 0.250. The molecular weight excluding hydrogens is 316 g/mol. The maximum atomic E-state index is 9.30. The van der Waals surface area contributed by atoms with Gasteiger partial charge in [0.2, 0.25) is 0 Å². The van der Waals surface area contributed by atoms with Crippen LogP contribution in [0.1, 0.15) is 42.5 Å². The average molecular weight is 336 g/mol. The van der Waals surface area contributed by atoms with E-state index in [0.29, 0.717) is 23.0 Å². The van der Waals surface area contributed by atoms with E-state index in [4.69, 9.17) is 0 Å². The highest BCUT2D eigenvalue weighted by molar-refractivity contribution is 5.56. The average Bonchev–Trinajstić information content (AvgIpc) is 3.18.